The lowest BCUT2D eigenvalue weighted by molar-refractivity contribution is -0.156. The molecular formula is C26H30N2O4. The molecule has 0 atom stereocenters. The molecule has 1 amide bonds. The van der Waals surface area contributed by atoms with Crippen molar-refractivity contribution in [1.82, 2.24) is 10.0 Å². The molecular weight excluding hydrogens is 404 g/mol. The highest BCUT2D eigenvalue weighted by molar-refractivity contribution is 5.93. The molecule has 0 unspecified atom stereocenters. The molecule has 1 aliphatic heterocycles. The van der Waals surface area contributed by atoms with E-state index in [1.165, 1.54) is 7.11 Å². The molecule has 2 aliphatic rings. The summed E-state index contributed by atoms with van der Waals surface area (Å²) in [6.07, 6.45) is 4.33. The fourth-order valence-electron chi connectivity index (χ4n) is 4.56. The minimum absolute atomic E-state index is 0.110. The monoisotopic (exact) mass is 434 g/mol. The van der Waals surface area contributed by atoms with Gasteiger partial charge in [-0.05, 0) is 48.9 Å². The van der Waals surface area contributed by atoms with E-state index in [4.69, 9.17) is 4.74 Å². The molecule has 6 heteroatoms. The van der Waals surface area contributed by atoms with E-state index in [9.17, 15) is 14.4 Å². The first-order valence-corrected chi connectivity index (χ1v) is 11.3. The SMILES string of the molecule is COC(=O)c1ccc(CCN2C(=O)CCCN2CCC(=O)C2(c3ccccc3)CC2)cc1. The van der Waals surface area contributed by atoms with E-state index in [-0.39, 0.29) is 23.1 Å². The van der Waals surface area contributed by atoms with Gasteiger partial charge in [-0.2, -0.15) is 0 Å². The summed E-state index contributed by atoms with van der Waals surface area (Å²) in [5.41, 5.74) is 2.37. The molecule has 0 N–H and O–H groups in total. The van der Waals surface area contributed by atoms with Gasteiger partial charge in [-0.3, -0.25) is 14.6 Å². The second kappa shape index (κ2) is 9.65. The lowest BCUT2D eigenvalue weighted by atomic mass is 9.89. The van der Waals surface area contributed by atoms with Gasteiger partial charge < -0.3 is 4.74 Å². The van der Waals surface area contributed by atoms with Crippen molar-refractivity contribution in [3.8, 4) is 0 Å². The first-order chi connectivity index (χ1) is 15.5. The highest BCUT2D eigenvalue weighted by Gasteiger charge is 2.50. The Labute approximate surface area is 189 Å². The first kappa shape index (κ1) is 22.2. The lowest BCUT2D eigenvalue weighted by Gasteiger charge is -2.38. The third-order valence-electron chi connectivity index (χ3n) is 6.63. The second-order valence-corrected chi connectivity index (χ2v) is 8.63. The number of hydrogen-bond acceptors (Lipinski definition) is 5. The van der Waals surface area contributed by atoms with Crippen LogP contribution in [-0.4, -0.2) is 54.4 Å². The van der Waals surface area contributed by atoms with E-state index in [1.54, 1.807) is 12.1 Å². The number of benzene rings is 2. The number of hydrazine groups is 1. The quantitative estimate of drug-likeness (QED) is 0.565. The number of rotatable bonds is 9. The third-order valence-corrected chi connectivity index (χ3v) is 6.63. The fourth-order valence-corrected chi connectivity index (χ4v) is 4.56. The molecule has 2 fully saturated rings. The van der Waals surface area contributed by atoms with Crippen LogP contribution in [0.1, 0.15) is 53.6 Å². The van der Waals surface area contributed by atoms with Crippen LogP contribution >= 0.6 is 0 Å². The summed E-state index contributed by atoms with van der Waals surface area (Å²) in [5.74, 6) is 0.0293. The van der Waals surface area contributed by atoms with Gasteiger partial charge in [0.1, 0.15) is 5.78 Å². The van der Waals surface area contributed by atoms with Crippen LogP contribution in [0.4, 0.5) is 0 Å². The van der Waals surface area contributed by atoms with Crippen LogP contribution in [0.2, 0.25) is 0 Å². The largest absolute Gasteiger partial charge is 0.465 e. The Bertz CT molecular complexity index is 967. The summed E-state index contributed by atoms with van der Waals surface area (Å²) >= 11 is 0. The van der Waals surface area contributed by atoms with E-state index in [2.05, 4.69) is 0 Å². The van der Waals surface area contributed by atoms with Crippen LogP contribution in [0.15, 0.2) is 54.6 Å². The predicted octanol–water partition coefficient (Wildman–Crippen LogP) is 3.55. The Hall–Kier alpha value is -2.99. The van der Waals surface area contributed by atoms with Crippen molar-refractivity contribution in [1.29, 1.82) is 0 Å². The van der Waals surface area contributed by atoms with Gasteiger partial charge in [-0.15, -0.1) is 0 Å². The standard InChI is InChI=1S/C26H30N2O4/c1-32-25(31)21-11-9-20(10-12-21)13-19-28-24(30)8-5-17-27(28)18-14-23(29)26(15-16-26)22-6-3-2-4-7-22/h2-4,6-7,9-12H,5,8,13-19H2,1H3. The first-order valence-electron chi connectivity index (χ1n) is 11.3. The molecule has 0 radical (unpaired) electrons. The van der Waals surface area contributed by atoms with E-state index in [0.29, 0.717) is 37.9 Å². The highest BCUT2D eigenvalue weighted by atomic mass is 16.5. The maximum absolute atomic E-state index is 13.1. The Morgan fingerprint density at radius 3 is 2.38 bits per heavy atom. The topological polar surface area (TPSA) is 66.9 Å². The molecule has 1 aliphatic carbocycles. The van der Waals surface area contributed by atoms with Gasteiger partial charge >= 0.3 is 5.97 Å². The van der Waals surface area contributed by atoms with Gasteiger partial charge in [-0.1, -0.05) is 42.5 Å². The molecule has 1 saturated carbocycles. The van der Waals surface area contributed by atoms with Gasteiger partial charge in [0.05, 0.1) is 18.1 Å². The minimum Gasteiger partial charge on any atom is -0.465 e. The maximum Gasteiger partial charge on any atom is 0.337 e. The van der Waals surface area contributed by atoms with Crippen molar-refractivity contribution >= 4 is 17.7 Å². The Kier molecular flexibility index (Phi) is 6.70. The zero-order valence-corrected chi connectivity index (χ0v) is 18.6. The Morgan fingerprint density at radius 1 is 1.00 bits per heavy atom. The second-order valence-electron chi connectivity index (χ2n) is 8.63. The predicted molar refractivity (Wildman–Crippen MR) is 121 cm³/mol. The summed E-state index contributed by atoms with van der Waals surface area (Å²) in [5, 5.41) is 3.86. The van der Waals surface area contributed by atoms with Gasteiger partial charge in [0.15, 0.2) is 0 Å². The molecule has 0 bridgehead atoms. The number of methoxy groups -OCH3 is 1. The Balaban J connectivity index is 1.35. The molecule has 168 valence electrons. The van der Waals surface area contributed by atoms with Crippen molar-refractivity contribution in [2.75, 3.05) is 26.7 Å². The number of hydrogen-bond donors (Lipinski definition) is 0. The summed E-state index contributed by atoms with van der Waals surface area (Å²) in [4.78, 5) is 37.3. The maximum atomic E-state index is 13.1. The highest BCUT2D eigenvalue weighted by Crippen LogP contribution is 2.49. The number of carbonyl (C=O) groups is 3. The number of esters is 1. The molecule has 2 aromatic carbocycles. The van der Waals surface area contributed by atoms with E-state index >= 15 is 0 Å². The molecule has 1 saturated heterocycles. The van der Waals surface area contributed by atoms with Crippen LogP contribution in [0, 0.1) is 0 Å². The summed E-state index contributed by atoms with van der Waals surface area (Å²) in [6, 6.07) is 17.3. The molecule has 2 aromatic rings. The van der Waals surface area contributed by atoms with Crippen LogP contribution < -0.4 is 0 Å². The van der Waals surface area contributed by atoms with E-state index < -0.39 is 0 Å². The zero-order valence-electron chi connectivity index (χ0n) is 18.6. The molecule has 0 spiro atoms. The van der Waals surface area contributed by atoms with Gasteiger partial charge in [0.25, 0.3) is 0 Å². The number of ether oxygens (including phenoxy) is 1. The number of Topliss-reactive ketones (excluding diaryl/α,β-unsaturated/α-hetero) is 1. The molecule has 0 aromatic heterocycles. The number of carbonyl (C=O) groups excluding carboxylic acids is 3. The van der Waals surface area contributed by atoms with Crippen LogP contribution in [0.3, 0.4) is 0 Å². The average molecular weight is 435 g/mol. The van der Waals surface area contributed by atoms with Crippen molar-refractivity contribution in [2.45, 2.75) is 43.9 Å². The van der Waals surface area contributed by atoms with Gasteiger partial charge in [0, 0.05) is 32.5 Å². The van der Waals surface area contributed by atoms with Crippen LogP contribution in [-0.2, 0) is 26.2 Å². The van der Waals surface area contributed by atoms with Gasteiger partial charge in [-0.25, -0.2) is 9.80 Å². The van der Waals surface area contributed by atoms with Gasteiger partial charge in [0.2, 0.25) is 5.91 Å². The van der Waals surface area contributed by atoms with Crippen molar-refractivity contribution < 1.29 is 19.1 Å². The molecule has 4 rings (SSSR count). The number of amides is 1. The normalized spacial score (nSPS) is 17.8. The van der Waals surface area contributed by atoms with Crippen molar-refractivity contribution in [3.05, 3.63) is 71.3 Å². The Morgan fingerprint density at radius 2 is 1.72 bits per heavy atom. The summed E-state index contributed by atoms with van der Waals surface area (Å²) in [7, 11) is 1.36. The summed E-state index contributed by atoms with van der Waals surface area (Å²) in [6.45, 7) is 1.92. The van der Waals surface area contributed by atoms with Crippen LogP contribution in [0.5, 0.6) is 0 Å². The average Bonchev–Trinajstić information content (AvgIpc) is 3.64. The molecule has 1 heterocycles. The fraction of sp³-hybridized carbons (Fsp3) is 0.423. The number of ketones is 1. The van der Waals surface area contributed by atoms with E-state index in [1.807, 2.05) is 52.5 Å². The molecule has 6 nitrogen and oxygen atoms in total. The zero-order chi connectivity index (χ0) is 22.6. The number of nitrogens with zero attached hydrogens (tertiary/aromatic N) is 2. The van der Waals surface area contributed by atoms with Crippen molar-refractivity contribution in [2.24, 2.45) is 0 Å². The van der Waals surface area contributed by atoms with Crippen molar-refractivity contribution in [3.63, 3.8) is 0 Å². The summed E-state index contributed by atoms with van der Waals surface area (Å²) < 4.78 is 4.74. The third kappa shape index (κ3) is 4.75. The van der Waals surface area contributed by atoms with E-state index in [0.717, 1.165) is 36.9 Å². The minimum atomic E-state index is -0.359. The smallest absolute Gasteiger partial charge is 0.337 e. The molecule has 32 heavy (non-hydrogen) atoms. The van der Waals surface area contributed by atoms with Crippen LogP contribution in [0.25, 0.3) is 0 Å². The lowest BCUT2D eigenvalue weighted by Crippen LogP contribution is -2.52.